The van der Waals surface area contributed by atoms with E-state index in [1.807, 2.05) is 24.0 Å². The van der Waals surface area contributed by atoms with Gasteiger partial charge < -0.3 is 20.0 Å². The van der Waals surface area contributed by atoms with Crippen molar-refractivity contribution in [2.75, 3.05) is 56.5 Å². The molecule has 52 heavy (non-hydrogen) atoms. The number of aryl methyl sites for hydroxylation is 2. The normalized spacial score (nSPS) is 23.8. The van der Waals surface area contributed by atoms with Gasteiger partial charge in [0.2, 0.25) is 11.8 Å². The summed E-state index contributed by atoms with van der Waals surface area (Å²) >= 11 is 3.47. The number of benzene rings is 2. The summed E-state index contributed by atoms with van der Waals surface area (Å²) in [5.41, 5.74) is 6.12. The molecule has 4 aliphatic rings. The topological polar surface area (TPSA) is 120 Å². The van der Waals surface area contributed by atoms with E-state index in [0.29, 0.717) is 29.8 Å². The standard InChI is InChI=1S/C40H50BrN7O4/c1-4-48-39(52)36(41)34(23-42-48)43-30-22-29(24-45(3)25-30)27-5-7-28(8-6-27)38(51)47-19-15-40(16-20-47)13-17-46(18-14-40)31-9-10-32(26(2)21-31)33-11-12-35(49)44-37(33)50/h5-10,21,23,29-30,33,43H,4,11-20,22,24-25H2,1-3H3,(H,44,49,50)/t29-,30+,33?/m0/s1. The van der Waals surface area contributed by atoms with Crippen LogP contribution in [0.5, 0.6) is 0 Å². The van der Waals surface area contributed by atoms with Crippen LogP contribution in [-0.4, -0.2) is 89.7 Å². The minimum atomic E-state index is -0.262. The second-order valence-electron chi connectivity index (χ2n) is 15.4. The van der Waals surface area contributed by atoms with Gasteiger partial charge in [0.15, 0.2) is 0 Å². The third kappa shape index (κ3) is 7.55. The molecule has 11 nitrogen and oxygen atoms in total. The van der Waals surface area contributed by atoms with E-state index < -0.39 is 0 Å². The Morgan fingerprint density at radius 3 is 2.38 bits per heavy atom. The molecule has 2 aromatic carbocycles. The molecule has 1 aromatic heterocycles. The Labute approximate surface area is 314 Å². The van der Waals surface area contributed by atoms with E-state index in [0.717, 1.165) is 93.8 Å². The van der Waals surface area contributed by atoms with Crippen molar-refractivity contribution >= 4 is 45.0 Å². The zero-order valence-electron chi connectivity index (χ0n) is 30.5. The average Bonchev–Trinajstić information content (AvgIpc) is 3.14. The van der Waals surface area contributed by atoms with E-state index in [2.05, 4.69) is 85.8 Å². The van der Waals surface area contributed by atoms with Crippen LogP contribution in [0.15, 0.2) is 57.9 Å². The molecule has 1 spiro atoms. The van der Waals surface area contributed by atoms with Crippen LogP contribution in [-0.2, 0) is 16.1 Å². The lowest BCUT2D eigenvalue weighted by atomic mass is 9.71. The number of halogens is 1. The maximum absolute atomic E-state index is 13.6. The summed E-state index contributed by atoms with van der Waals surface area (Å²) in [6.07, 6.45) is 7.86. The van der Waals surface area contributed by atoms with Crippen LogP contribution in [0.3, 0.4) is 0 Å². The average molecular weight is 773 g/mol. The van der Waals surface area contributed by atoms with Gasteiger partial charge in [0, 0.05) is 69.5 Å². The monoisotopic (exact) mass is 771 g/mol. The first-order chi connectivity index (χ1) is 25.0. The molecule has 276 valence electrons. The number of amides is 3. The summed E-state index contributed by atoms with van der Waals surface area (Å²) in [6.45, 7) is 9.82. The fraction of sp³-hybridized carbons (Fsp3) is 0.525. The van der Waals surface area contributed by atoms with Gasteiger partial charge in [0.25, 0.3) is 11.5 Å². The second kappa shape index (κ2) is 15.1. The Hall–Kier alpha value is -4.03. The van der Waals surface area contributed by atoms with Gasteiger partial charge in [0.1, 0.15) is 4.47 Å². The SMILES string of the molecule is CCn1ncc(N[C@@H]2C[C@H](c3ccc(C(=O)N4CCC5(CC4)CCN(c4ccc(C6CCC(=O)NC6=O)c(C)c4)CC5)cc3)CN(C)C2)c(Br)c1=O. The van der Waals surface area contributed by atoms with Gasteiger partial charge in [-0.2, -0.15) is 5.10 Å². The zero-order chi connectivity index (χ0) is 36.6. The molecule has 12 heteroatoms. The number of anilines is 2. The van der Waals surface area contributed by atoms with E-state index >= 15 is 0 Å². The van der Waals surface area contributed by atoms with Gasteiger partial charge in [-0.25, -0.2) is 4.68 Å². The summed E-state index contributed by atoms with van der Waals surface area (Å²) < 4.78 is 1.95. The van der Waals surface area contributed by atoms with Crippen LogP contribution >= 0.6 is 15.9 Å². The van der Waals surface area contributed by atoms with Crippen molar-refractivity contribution in [2.45, 2.75) is 83.2 Å². The molecular formula is C40H50BrN7O4. The summed E-state index contributed by atoms with van der Waals surface area (Å²) in [5, 5.41) is 10.3. The van der Waals surface area contributed by atoms with Crippen molar-refractivity contribution in [1.29, 1.82) is 0 Å². The molecule has 4 aliphatic heterocycles. The van der Waals surface area contributed by atoms with E-state index in [-0.39, 0.29) is 40.7 Å². The van der Waals surface area contributed by atoms with Crippen LogP contribution in [0.25, 0.3) is 0 Å². The van der Waals surface area contributed by atoms with Gasteiger partial charge >= 0.3 is 0 Å². The predicted octanol–water partition coefficient (Wildman–Crippen LogP) is 5.28. The second-order valence-corrected chi connectivity index (χ2v) is 16.2. The van der Waals surface area contributed by atoms with Crippen LogP contribution in [0, 0.1) is 12.3 Å². The molecule has 0 saturated carbocycles. The van der Waals surface area contributed by atoms with E-state index in [1.54, 1.807) is 6.20 Å². The number of likely N-dealkylation sites (N-methyl/N-ethyl adjacent to an activating group) is 1. The zero-order valence-corrected chi connectivity index (χ0v) is 32.1. The molecule has 4 saturated heterocycles. The number of piperidine rings is 4. The molecule has 4 fully saturated rings. The molecule has 5 heterocycles. The van der Waals surface area contributed by atoms with Crippen molar-refractivity contribution in [3.63, 3.8) is 0 Å². The Kier molecular flexibility index (Phi) is 10.6. The summed E-state index contributed by atoms with van der Waals surface area (Å²) in [5.74, 6) is -0.217. The number of carbonyl (C=O) groups excluding carboxylic acids is 3. The summed E-state index contributed by atoms with van der Waals surface area (Å²) in [4.78, 5) is 57.1. The number of imide groups is 1. The van der Waals surface area contributed by atoms with Gasteiger partial charge in [0.05, 0.1) is 17.8 Å². The van der Waals surface area contributed by atoms with Crippen LogP contribution in [0.1, 0.15) is 90.8 Å². The van der Waals surface area contributed by atoms with Crippen LogP contribution in [0.2, 0.25) is 0 Å². The van der Waals surface area contributed by atoms with E-state index in [9.17, 15) is 19.2 Å². The molecule has 3 atom stereocenters. The van der Waals surface area contributed by atoms with Crippen LogP contribution in [0.4, 0.5) is 11.4 Å². The Morgan fingerprint density at radius 2 is 1.71 bits per heavy atom. The largest absolute Gasteiger partial charge is 0.379 e. The number of hydrogen-bond acceptors (Lipinski definition) is 8. The molecule has 3 amide bonds. The Bertz CT molecular complexity index is 1880. The third-order valence-electron chi connectivity index (χ3n) is 12.1. The highest BCUT2D eigenvalue weighted by atomic mass is 79.9. The fourth-order valence-electron chi connectivity index (χ4n) is 8.92. The van der Waals surface area contributed by atoms with Crippen molar-refractivity contribution in [1.82, 2.24) is 24.9 Å². The van der Waals surface area contributed by atoms with Gasteiger partial charge in [-0.15, -0.1) is 0 Å². The third-order valence-corrected chi connectivity index (χ3v) is 12.8. The molecule has 7 rings (SSSR count). The quantitative estimate of drug-likeness (QED) is 0.312. The molecule has 3 aromatic rings. The van der Waals surface area contributed by atoms with Crippen molar-refractivity contribution in [3.8, 4) is 0 Å². The molecular weight excluding hydrogens is 722 g/mol. The number of nitrogens with one attached hydrogen (secondary N) is 2. The van der Waals surface area contributed by atoms with Crippen molar-refractivity contribution < 1.29 is 14.4 Å². The maximum atomic E-state index is 13.6. The first-order valence-electron chi connectivity index (χ1n) is 18.8. The number of rotatable bonds is 7. The van der Waals surface area contributed by atoms with Crippen LogP contribution < -0.4 is 21.1 Å². The maximum Gasteiger partial charge on any atom is 0.283 e. The van der Waals surface area contributed by atoms with E-state index in [4.69, 9.17) is 0 Å². The Balaban J connectivity index is 0.910. The molecule has 0 bridgehead atoms. The smallest absolute Gasteiger partial charge is 0.283 e. The molecule has 1 unspecified atom stereocenters. The lowest BCUT2D eigenvalue weighted by molar-refractivity contribution is -0.134. The van der Waals surface area contributed by atoms with Crippen molar-refractivity contribution in [2.24, 2.45) is 5.41 Å². The highest BCUT2D eigenvalue weighted by Gasteiger charge is 2.39. The van der Waals surface area contributed by atoms with Gasteiger partial charge in [-0.3, -0.25) is 24.5 Å². The number of nitrogens with zero attached hydrogens (tertiary/aromatic N) is 5. The highest BCUT2D eigenvalue weighted by Crippen LogP contribution is 2.43. The summed E-state index contributed by atoms with van der Waals surface area (Å²) in [6, 6.07) is 14.8. The fourth-order valence-corrected chi connectivity index (χ4v) is 9.34. The first kappa shape index (κ1) is 36.3. The predicted molar refractivity (Wildman–Crippen MR) is 206 cm³/mol. The number of aromatic nitrogens is 2. The van der Waals surface area contributed by atoms with Gasteiger partial charge in [-0.05, 0) is 128 Å². The lowest BCUT2D eigenvalue weighted by Gasteiger charge is -2.47. The number of likely N-dealkylation sites (tertiary alicyclic amines) is 2. The van der Waals surface area contributed by atoms with E-state index in [1.165, 1.54) is 15.9 Å². The first-order valence-corrected chi connectivity index (χ1v) is 19.6. The minimum absolute atomic E-state index is 0.116. The van der Waals surface area contributed by atoms with Crippen molar-refractivity contribution in [3.05, 3.63) is 85.7 Å². The Morgan fingerprint density at radius 1 is 1.00 bits per heavy atom. The molecule has 0 aliphatic carbocycles. The molecule has 2 N–H and O–H groups in total. The van der Waals surface area contributed by atoms with Gasteiger partial charge in [-0.1, -0.05) is 18.2 Å². The summed E-state index contributed by atoms with van der Waals surface area (Å²) in [7, 11) is 2.12. The molecule has 0 radical (unpaired) electrons. The lowest BCUT2D eigenvalue weighted by Crippen LogP contribution is -2.48. The highest BCUT2D eigenvalue weighted by molar-refractivity contribution is 9.10. The number of carbonyl (C=O) groups is 3. The minimum Gasteiger partial charge on any atom is -0.379 e. The number of hydrogen-bond donors (Lipinski definition) is 2.